The molecule has 0 spiro atoms. The number of halogens is 1. The fraction of sp³-hybridized carbons (Fsp3) is 0.417. The van der Waals surface area contributed by atoms with Crippen LogP contribution in [0.4, 0.5) is 0 Å². The summed E-state index contributed by atoms with van der Waals surface area (Å²) in [6.45, 7) is 0.853. The van der Waals surface area contributed by atoms with Gasteiger partial charge >= 0.3 is 0 Å². The van der Waals surface area contributed by atoms with Gasteiger partial charge in [0.1, 0.15) is 4.90 Å². The van der Waals surface area contributed by atoms with E-state index in [0.29, 0.717) is 24.6 Å². The van der Waals surface area contributed by atoms with Crippen LogP contribution in [0, 0.1) is 0 Å². The average molecular weight is 303 g/mol. The summed E-state index contributed by atoms with van der Waals surface area (Å²) in [5.41, 5.74) is 0.617. The molecule has 5 nitrogen and oxygen atoms in total. The van der Waals surface area contributed by atoms with E-state index in [1.807, 2.05) is 0 Å². The number of hydrogen-bond acceptors (Lipinski definition) is 4. The maximum Gasteiger partial charge on any atom is 0.285 e. The Morgan fingerprint density at radius 1 is 1.42 bits per heavy atom. The molecule has 0 saturated heterocycles. The molecule has 0 amide bonds. The zero-order chi connectivity index (χ0) is 14.0. The van der Waals surface area contributed by atoms with Gasteiger partial charge in [0.05, 0.1) is 12.0 Å². The first-order valence-electron chi connectivity index (χ1n) is 5.74. The molecule has 104 valence electrons. The maximum atomic E-state index is 11.9. The van der Waals surface area contributed by atoms with Crippen molar-refractivity contribution in [3.05, 3.63) is 29.8 Å². The lowest BCUT2D eigenvalue weighted by molar-refractivity contribution is 0.191. The number of benzene rings is 1. The van der Waals surface area contributed by atoms with E-state index in [1.54, 1.807) is 43.3 Å². The summed E-state index contributed by atoms with van der Waals surface area (Å²) in [6.07, 6.45) is 0. The summed E-state index contributed by atoms with van der Waals surface area (Å²) in [5.74, 6) is 0.428. The molecule has 1 heterocycles. The van der Waals surface area contributed by atoms with Crippen LogP contribution < -0.4 is 0 Å². The van der Waals surface area contributed by atoms with Crippen LogP contribution in [-0.4, -0.2) is 51.8 Å². The highest BCUT2D eigenvalue weighted by molar-refractivity contribution is 7.90. The van der Waals surface area contributed by atoms with E-state index in [1.165, 1.54) is 0 Å². The predicted molar refractivity (Wildman–Crippen MR) is 74.3 cm³/mol. The van der Waals surface area contributed by atoms with E-state index < -0.39 is 10.0 Å². The van der Waals surface area contributed by atoms with Crippen molar-refractivity contribution in [2.24, 2.45) is 4.40 Å². The van der Waals surface area contributed by atoms with Crippen LogP contribution in [0.2, 0.25) is 0 Å². The summed E-state index contributed by atoms with van der Waals surface area (Å²) in [7, 11) is -0.239. The summed E-state index contributed by atoms with van der Waals surface area (Å²) in [6, 6.07) is 6.78. The van der Waals surface area contributed by atoms with Crippen molar-refractivity contribution < 1.29 is 13.2 Å². The molecule has 1 aliphatic rings. The molecule has 1 atom stereocenters. The van der Waals surface area contributed by atoms with Crippen LogP contribution in [0.25, 0.3) is 0 Å². The first-order chi connectivity index (χ1) is 8.95. The molecule has 7 heteroatoms. The first-order valence-corrected chi connectivity index (χ1v) is 7.62. The second-order valence-corrected chi connectivity index (χ2v) is 6.51. The number of rotatable bonds is 4. The minimum absolute atomic E-state index is 0.229. The van der Waals surface area contributed by atoms with E-state index in [9.17, 15) is 8.42 Å². The number of amidine groups is 1. The molecule has 2 rings (SSSR count). The van der Waals surface area contributed by atoms with Crippen molar-refractivity contribution in [3.8, 4) is 0 Å². The third-order valence-corrected chi connectivity index (χ3v) is 4.38. The van der Waals surface area contributed by atoms with Crippen LogP contribution in [0.5, 0.6) is 0 Å². The van der Waals surface area contributed by atoms with Crippen LogP contribution in [0.15, 0.2) is 33.6 Å². The number of fused-ring (bicyclic) bond motifs is 1. The van der Waals surface area contributed by atoms with Gasteiger partial charge in [-0.1, -0.05) is 12.1 Å². The van der Waals surface area contributed by atoms with E-state index in [2.05, 4.69) is 4.40 Å². The molecule has 0 bridgehead atoms. The zero-order valence-corrected chi connectivity index (χ0v) is 12.3. The largest absolute Gasteiger partial charge is 0.383 e. The second-order valence-electron chi connectivity index (χ2n) is 4.32. The fourth-order valence-corrected chi connectivity index (χ4v) is 3.57. The number of alkyl halides is 1. The van der Waals surface area contributed by atoms with Crippen molar-refractivity contribution in [1.82, 2.24) is 4.90 Å². The van der Waals surface area contributed by atoms with Gasteiger partial charge in [-0.25, -0.2) is 0 Å². The minimum Gasteiger partial charge on any atom is -0.383 e. The third kappa shape index (κ3) is 2.91. The smallest absolute Gasteiger partial charge is 0.285 e. The average Bonchev–Trinajstić information content (AvgIpc) is 2.63. The Morgan fingerprint density at radius 3 is 2.79 bits per heavy atom. The van der Waals surface area contributed by atoms with Crippen molar-refractivity contribution in [3.63, 3.8) is 0 Å². The zero-order valence-electron chi connectivity index (χ0n) is 10.7. The highest BCUT2D eigenvalue weighted by atomic mass is 35.5. The highest BCUT2D eigenvalue weighted by Crippen LogP contribution is 2.27. The molecule has 1 unspecified atom stereocenters. The van der Waals surface area contributed by atoms with Crippen LogP contribution in [-0.2, 0) is 14.8 Å². The topological polar surface area (TPSA) is 59.0 Å². The Hall–Kier alpha value is -1.11. The summed E-state index contributed by atoms with van der Waals surface area (Å²) in [4.78, 5) is 1.98. The standard InChI is InChI=1S/C12H15ClN2O3S/c1-15(7-9(13)8-18-2)12-10-5-3-4-6-11(10)19(16,17)14-12/h3-6,9H,7-8H2,1-2H3. The molecule has 0 radical (unpaired) electrons. The van der Waals surface area contributed by atoms with E-state index in [0.717, 1.165) is 0 Å². The van der Waals surface area contributed by atoms with Crippen molar-refractivity contribution in [2.75, 3.05) is 27.3 Å². The van der Waals surface area contributed by atoms with Gasteiger partial charge < -0.3 is 9.64 Å². The van der Waals surface area contributed by atoms with Gasteiger partial charge in [0.25, 0.3) is 10.0 Å². The summed E-state index contributed by atoms with van der Waals surface area (Å²) in [5, 5.41) is -0.229. The third-order valence-electron chi connectivity index (χ3n) is 2.79. The lowest BCUT2D eigenvalue weighted by Crippen LogP contribution is -2.33. The Morgan fingerprint density at radius 2 is 2.11 bits per heavy atom. The molecular formula is C12H15ClN2O3S. The van der Waals surface area contributed by atoms with Gasteiger partial charge in [0, 0.05) is 26.3 Å². The SMILES string of the molecule is COCC(Cl)CN(C)C1=NS(=O)(=O)c2ccccc21. The molecular weight excluding hydrogens is 288 g/mol. The lowest BCUT2D eigenvalue weighted by atomic mass is 10.2. The Kier molecular flexibility index (Phi) is 4.13. The second kappa shape index (κ2) is 5.48. The van der Waals surface area contributed by atoms with Gasteiger partial charge in [-0.05, 0) is 12.1 Å². The fourth-order valence-electron chi connectivity index (χ4n) is 1.98. The van der Waals surface area contributed by atoms with Gasteiger partial charge in [-0.15, -0.1) is 16.0 Å². The molecule has 0 aromatic heterocycles. The van der Waals surface area contributed by atoms with Gasteiger partial charge in [0.2, 0.25) is 0 Å². The monoisotopic (exact) mass is 302 g/mol. The molecule has 0 aliphatic carbocycles. The van der Waals surface area contributed by atoms with Gasteiger partial charge in [-0.3, -0.25) is 0 Å². The molecule has 1 aromatic carbocycles. The van der Waals surface area contributed by atoms with Gasteiger partial charge in [-0.2, -0.15) is 8.42 Å². The molecule has 0 saturated carbocycles. The lowest BCUT2D eigenvalue weighted by Gasteiger charge is -2.21. The summed E-state index contributed by atoms with van der Waals surface area (Å²) >= 11 is 6.08. The van der Waals surface area contributed by atoms with Crippen LogP contribution in [0.1, 0.15) is 5.56 Å². The first kappa shape index (κ1) is 14.3. The highest BCUT2D eigenvalue weighted by Gasteiger charge is 2.30. The van der Waals surface area contributed by atoms with E-state index >= 15 is 0 Å². The van der Waals surface area contributed by atoms with Crippen molar-refractivity contribution in [1.29, 1.82) is 0 Å². The van der Waals surface area contributed by atoms with Crippen molar-refractivity contribution >= 4 is 27.5 Å². The summed E-state index contributed by atoms with van der Waals surface area (Å²) < 4.78 is 32.6. The predicted octanol–water partition coefficient (Wildman–Crippen LogP) is 1.32. The van der Waals surface area contributed by atoms with Crippen molar-refractivity contribution in [2.45, 2.75) is 10.3 Å². The molecule has 1 aromatic rings. The van der Waals surface area contributed by atoms with Gasteiger partial charge in [0.15, 0.2) is 5.84 Å². The molecule has 0 fully saturated rings. The van der Waals surface area contributed by atoms with E-state index in [4.69, 9.17) is 16.3 Å². The normalized spacial score (nSPS) is 17.7. The molecule has 0 N–H and O–H groups in total. The Balaban J connectivity index is 2.27. The maximum absolute atomic E-state index is 11.9. The number of methoxy groups -OCH3 is 1. The molecule has 19 heavy (non-hydrogen) atoms. The van der Waals surface area contributed by atoms with Crippen LogP contribution >= 0.6 is 11.6 Å². The number of sulfonamides is 1. The number of hydrogen-bond donors (Lipinski definition) is 0. The van der Waals surface area contributed by atoms with E-state index in [-0.39, 0.29) is 10.3 Å². The van der Waals surface area contributed by atoms with Crippen LogP contribution in [0.3, 0.4) is 0 Å². The Labute approximate surface area is 117 Å². The Bertz CT molecular complexity index is 601. The number of ether oxygens (including phenoxy) is 1. The number of nitrogens with zero attached hydrogens (tertiary/aromatic N) is 2. The quantitative estimate of drug-likeness (QED) is 0.787. The molecule has 1 aliphatic heterocycles. The minimum atomic E-state index is -3.58.